The molecule has 0 fully saturated rings. The Morgan fingerprint density at radius 3 is 2.82 bits per heavy atom. The van der Waals surface area contributed by atoms with Gasteiger partial charge in [-0.3, -0.25) is 4.79 Å². The second-order valence-corrected chi connectivity index (χ2v) is 6.12. The molecule has 2 rings (SSSR count). The minimum absolute atomic E-state index is 0.132. The van der Waals surface area contributed by atoms with E-state index in [0.717, 1.165) is 7.11 Å². The molecule has 1 unspecified atom stereocenters. The first-order valence-corrected chi connectivity index (χ1v) is 7.52. The lowest BCUT2D eigenvalue weighted by Crippen LogP contribution is -2.43. The lowest BCUT2D eigenvalue weighted by molar-refractivity contribution is -0.138. The van der Waals surface area contributed by atoms with Crippen molar-refractivity contribution >= 4 is 45.0 Å². The molecule has 0 bridgehead atoms. The van der Waals surface area contributed by atoms with E-state index in [9.17, 15) is 14.0 Å². The predicted molar refractivity (Wildman–Crippen MR) is 84.0 cm³/mol. The molecular weight excluding hydrogens is 379 g/mol. The second-order valence-electron chi connectivity index (χ2n) is 4.68. The number of Topliss-reactive ketones (excluding diaryl/α,β-unsaturated/α-hetero) is 1. The average Bonchev–Trinajstić information content (AvgIpc) is 2.46. The van der Waals surface area contributed by atoms with Crippen molar-refractivity contribution in [1.29, 1.82) is 0 Å². The number of ether oxygens (including phenoxy) is 1. The third-order valence-electron chi connectivity index (χ3n) is 3.16. The van der Waals surface area contributed by atoms with Crippen LogP contribution in [0.5, 0.6) is 0 Å². The van der Waals surface area contributed by atoms with E-state index in [1.807, 2.05) is 0 Å². The van der Waals surface area contributed by atoms with Crippen molar-refractivity contribution in [3.8, 4) is 0 Å². The van der Waals surface area contributed by atoms with Crippen LogP contribution in [0.4, 0.5) is 10.1 Å². The molecule has 1 atom stereocenters. The van der Waals surface area contributed by atoms with E-state index < -0.39 is 22.9 Å². The van der Waals surface area contributed by atoms with Crippen LogP contribution < -0.4 is 5.32 Å². The summed E-state index contributed by atoms with van der Waals surface area (Å²) in [6.07, 6.45) is 0. The molecule has 0 saturated heterocycles. The van der Waals surface area contributed by atoms with Gasteiger partial charge in [0, 0.05) is 18.1 Å². The van der Waals surface area contributed by atoms with E-state index in [-0.39, 0.29) is 23.6 Å². The Hall–Kier alpha value is -1.60. The number of nitrogens with zero attached hydrogens (tertiary/aromatic N) is 1. The minimum atomic E-state index is -0.862. The fourth-order valence-corrected chi connectivity index (χ4v) is 2.70. The van der Waals surface area contributed by atoms with E-state index in [1.54, 1.807) is 18.0 Å². The van der Waals surface area contributed by atoms with E-state index >= 15 is 0 Å². The summed E-state index contributed by atoms with van der Waals surface area (Å²) in [5.74, 6) is -1.73. The quantitative estimate of drug-likeness (QED) is 0.487. The Labute approximate surface area is 140 Å². The van der Waals surface area contributed by atoms with Gasteiger partial charge in [-0.25, -0.2) is 9.18 Å². The third kappa shape index (κ3) is 3.25. The fraction of sp³-hybridized carbons (Fsp3) is 0.286. The number of hydrogen-bond acceptors (Lipinski definition) is 5. The number of halogens is 3. The van der Waals surface area contributed by atoms with Crippen LogP contribution >= 0.6 is 27.5 Å². The normalized spacial score (nSPS) is 18.5. The standard InChI is InChI=1S/C14H13BrClFN2O3/c1-19-6-8(16)12(20)11(14(21)22-2)13(19)18-10-4-3-7(15)5-9(10)17/h3-5,8,18H,6H2,1-2H3. The zero-order valence-electron chi connectivity index (χ0n) is 11.8. The van der Waals surface area contributed by atoms with Crippen LogP contribution in [0, 0.1) is 5.82 Å². The number of hydrogen-bond donors (Lipinski definition) is 1. The molecule has 0 radical (unpaired) electrons. The number of methoxy groups -OCH3 is 1. The Balaban J connectivity index is 2.48. The summed E-state index contributed by atoms with van der Waals surface area (Å²) in [4.78, 5) is 25.6. The van der Waals surface area contributed by atoms with Gasteiger partial charge in [0.25, 0.3) is 0 Å². The number of carbonyl (C=O) groups excluding carboxylic acids is 2. The molecule has 118 valence electrons. The highest BCUT2D eigenvalue weighted by atomic mass is 79.9. The minimum Gasteiger partial charge on any atom is -0.465 e. The van der Waals surface area contributed by atoms with Crippen molar-refractivity contribution in [1.82, 2.24) is 4.90 Å². The van der Waals surface area contributed by atoms with Crippen LogP contribution in [0.3, 0.4) is 0 Å². The summed E-state index contributed by atoms with van der Waals surface area (Å²) in [5, 5.41) is 1.91. The van der Waals surface area contributed by atoms with Crippen LogP contribution in [-0.2, 0) is 14.3 Å². The van der Waals surface area contributed by atoms with Gasteiger partial charge in [-0.15, -0.1) is 11.6 Å². The van der Waals surface area contributed by atoms with Crippen molar-refractivity contribution < 1.29 is 18.7 Å². The van der Waals surface area contributed by atoms with Gasteiger partial charge in [0.05, 0.1) is 12.8 Å². The largest absolute Gasteiger partial charge is 0.465 e. The Morgan fingerprint density at radius 2 is 2.23 bits per heavy atom. The number of ketones is 1. The van der Waals surface area contributed by atoms with E-state index in [0.29, 0.717) is 4.47 Å². The van der Waals surface area contributed by atoms with Gasteiger partial charge in [0.1, 0.15) is 22.6 Å². The molecule has 22 heavy (non-hydrogen) atoms. The Morgan fingerprint density at radius 1 is 1.55 bits per heavy atom. The van der Waals surface area contributed by atoms with Gasteiger partial charge in [0.2, 0.25) is 0 Å². The third-order valence-corrected chi connectivity index (χ3v) is 3.99. The average molecular weight is 392 g/mol. The first kappa shape index (κ1) is 16.8. The summed E-state index contributed by atoms with van der Waals surface area (Å²) < 4.78 is 19.2. The van der Waals surface area contributed by atoms with Gasteiger partial charge in [-0.1, -0.05) is 15.9 Å². The summed E-state index contributed by atoms with van der Waals surface area (Å²) in [5.41, 5.74) is -0.0918. The van der Waals surface area contributed by atoms with Crippen molar-refractivity contribution in [2.45, 2.75) is 5.38 Å². The van der Waals surface area contributed by atoms with Gasteiger partial charge >= 0.3 is 5.97 Å². The van der Waals surface area contributed by atoms with Crippen molar-refractivity contribution in [2.75, 3.05) is 26.0 Å². The SMILES string of the molecule is COC(=O)C1=C(Nc2ccc(Br)cc2F)N(C)CC(Cl)C1=O. The topological polar surface area (TPSA) is 58.6 Å². The second kappa shape index (κ2) is 6.66. The molecular formula is C14H13BrClFN2O3. The maximum absolute atomic E-state index is 14.0. The van der Waals surface area contributed by atoms with Crippen molar-refractivity contribution in [3.63, 3.8) is 0 Å². The molecule has 0 amide bonds. The number of rotatable bonds is 3. The van der Waals surface area contributed by atoms with Crippen molar-refractivity contribution in [3.05, 3.63) is 39.9 Å². The zero-order chi connectivity index (χ0) is 16.4. The summed E-state index contributed by atoms with van der Waals surface area (Å²) in [6.45, 7) is 0.196. The summed E-state index contributed by atoms with van der Waals surface area (Å²) in [7, 11) is 2.81. The highest BCUT2D eigenvalue weighted by molar-refractivity contribution is 9.10. The van der Waals surface area contributed by atoms with Crippen LogP contribution in [0.25, 0.3) is 0 Å². The first-order valence-electron chi connectivity index (χ1n) is 6.29. The van der Waals surface area contributed by atoms with Gasteiger partial charge < -0.3 is 15.0 Å². The molecule has 1 aliphatic rings. The van der Waals surface area contributed by atoms with Crippen LogP contribution in [0.1, 0.15) is 0 Å². The molecule has 0 aliphatic carbocycles. The number of benzene rings is 1. The lowest BCUT2D eigenvalue weighted by Gasteiger charge is -2.31. The molecule has 1 aromatic carbocycles. The van der Waals surface area contributed by atoms with Crippen LogP contribution in [-0.4, -0.2) is 42.7 Å². The number of nitrogens with one attached hydrogen (secondary N) is 1. The molecule has 8 heteroatoms. The highest BCUT2D eigenvalue weighted by Gasteiger charge is 2.36. The molecule has 1 aliphatic heterocycles. The first-order chi connectivity index (χ1) is 10.3. The molecule has 1 N–H and O–H groups in total. The molecule has 5 nitrogen and oxygen atoms in total. The number of esters is 1. The number of alkyl halides is 1. The number of carbonyl (C=O) groups is 2. The van der Waals surface area contributed by atoms with Crippen molar-refractivity contribution in [2.24, 2.45) is 0 Å². The molecule has 0 aromatic heterocycles. The maximum Gasteiger partial charge on any atom is 0.345 e. The zero-order valence-corrected chi connectivity index (χ0v) is 14.2. The number of anilines is 1. The Bertz CT molecular complexity index is 665. The van der Waals surface area contributed by atoms with Gasteiger partial charge in [-0.05, 0) is 18.2 Å². The molecule has 0 saturated carbocycles. The summed E-state index contributed by atoms with van der Waals surface area (Å²) >= 11 is 9.10. The predicted octanol–water partition coefficient (Wildman–Crippen LogP) is 2.51. The van der Waals surface area contributed by atoms with E-state index in [1.165, 1.54) is 12.1 Å². The Kier molecular flexibility index (Phi) is 5.08. The fourth-order valence-electron chi connectivity index (χ4n) is 2.05. The van der Waals surface area contributed by atoms with Gasteiger partial charge in [0.15, 0.2) is 5.78 Å². The van der Waals surface area contributed by atoms with E-state index in [2.05, 4.69) is 26.0 Å². The van der Waals surface area contributed by atoms with Gasteiger partial charge in [-0.2, -0.15) is 0 Å². The molecule has 1 aromatic rings. The lowest BCUT2D eigenvalue weighted by atomic mass is 10.0. The van der Waals surface area contributed by atoms with E-state index in [4.69, 9.17) is 11.6 Å². The monoisotopic (exact) mass is 390 g/mol. The highest BCUT2D eigenvalue weighted by Crippen LogP contribution is 2.26. The smallest absolute Gasteiger partial charge is 0.345 e. The molecule has 1 heterocycles. The maximum atomic E-state index is 14.0. The van der Waals surface area contributed by atoms with Crippen LogP contribution in [0.15, 0.2) is 34.1 Å². The molecule has 0 spiro atoms. The summed E-state index contributed by atoms with van der Waals surface area (Å²) in [6, 6.07) is 4.40. The van der Waals surface area contributed by atoms with Crippen LogP contribution in [0.2, 0.25) is 0 Å².